The van der Waals surface area contributed by atoms with Crippen LogP contribution in [0.15, 0.2) is 40.4 Å². The van der Waals surface area contributed by atoms with Crippen molar-refractivity contribution in [2.24, 2.45) is 4.99 Å². The molecule has 0 aliphatic carbocycles. The van der Waals surface area contributed by atoms with Crippen LogP contribution in [0.4, 0.5) is 18.9 Å². The molecule has 1 aromatic heterocycles. The number of pyridine rings is 1. The van der Waals surface area contributed by atoms with Crippen molar-refractivity contribution in [2.45, 2.75) is 11.1 Å². The van der Waals surface area contributed by atoms with E-state index < -0.39 is 11.9 Å². The number of aromatic nitrogens is 1. The summed E-state index contributed by atoms with van der Waals surface area (Å²) in [5.41, 5.74) is 1.02. The van der Waals surface area contributed by atoms with Crippen molar-refractivity contribution in [2.75, 3.05) is 18.1 Å². The summed E-state index contributed by atoms with van der Waals surface area (Å²) in [6.45, 7) is 0. The molecule has 0 spiro atoms. The highest BCUT2D eigenvalue weighted by Gasteiger charge is 2.28. The van der Waals surface area contributed by atoms with Gasteiger partial charge in [0.2, 0.25) is 0 Å². The van der Waals surface area contributed by atoms with Crippen molar-refractivity contribution >= 4 is 58.1 Å². The summed E-state index contributed by atoms with van der Waals surface area (Å²) in [6.07, 6.45) is -2.78. The Bertz CT molecular complexity index is 780. The maximum atomic E-state index is 12.4. The van der Waals surface area contributed by atoms with Crippen LogP contribution in [0.5, 0.6) is 0 Å². The Labute approximate surface area is 161 Å². The Kier molecular flexibility index (Phi) is 6.85. The van der Waals surface area contributed by atoms with Crippen molar-refractivity contribution in [3.63, 3.8) is 0 Å². The Morgan fingerprint density at radius 1 is 1.20 bits per heavy atom. The molecule has 25 heavy (non-hydrogen) atoms. The molecule has 0 aliphatic heterocycles. The molecule has 2 aromatic rings. The van der Waals surface area contributed by atoms with Gasteiger partial charge in [-0.05, 0) is 24.3 Å². The standard InChI is InChI=1S/C15H11Cl3F3N3S/c1-22-14(8-2-3-13(18)23-6-8)24-11-5-12(10(17)4-9(11)16)25-7-15(19,20)21/h2-6H,7H2,1H3,(H,22,24). The summed E-state index contributed by atoms with van der Waals surface area (Å²) in [5, 5.41) is 3.71. The molecule has 0 atom stereocenters. The average molecular weight is 429 g/mol. The Hall–Kier alpha value is -1.15. The minimum Gasteiger partial charge on any atom is -0.339 e. The minimum atomic E-state index is -4.30. The van der Waals surface area contributed by atoms with Crippen molar-refractivity contribution in [1.29, 1.82) is 0 Å². The van der Waals surface area contributed by atoms with Gasteiger partial charge < -0.3 is 5.32 Å². The molecule has 10 heteroatoms. The zero-order valence-corrected chi connectivity index (χ0v) is 15.7. The number of thioether (sulfide) groups is 1. The second kappa shape index (κ2) is 8.49. The second-order valence-corrected chi connectivity index (χ2v) is 6.95. The van der Waals surface area contributed by atoms with Crippen LogP contribution in [0.1, 0.15) is 5.56 Å². The molecule has 0 saturated heterocycles. The van der Waals surface area contributed by atoms with Gasteiger partial charge in [0.05, 0.1) is 21.5 Å². The van der Waals surface area contributed by atoms with E-state index in [9.17, 15) is 13.2 Å². The summed E-state index contributed by atoms with van der Waals surface area (Å²) in [4.78, 5) is 8.33. The van der Waals surface area contributed by atoms with E-state index in [1.54, 1.807) is 19.2 Å². The molecule has 0 radical (unpaired) electrons. The minimum absolute atomic E-state index is 0.146. The third-order valence-electron chi connectivity index (χ3n) is 2.89. The summed E-state index contributed by atoms with van der Waals surface area (Å²) in [5.74, 6) is -0.621. The van der Waals surface area contributed by atoms with E-state index in [4.69, 9.17) is 34.8 Å². The van der Waals surface area contributed by atoms with E-state index >= 15 is 0 Å². The first-order valence-corrected chi connectivity index (χ1v) is 8.86. The first-order valence-electron chi connectivity index (χ1n) is 6.74. The fourth-order valence-electron chi connectivity index (χ4n) is 1.80. The van der Waals surface area contributed by atoms with Crippen LogP contribution in [0.25, 0.3) is 0 Å². The fraction of sp³-hybridized carbons (Fsp3) is 0.200. The molecule has 3 nitrogen and oxygen atoms in total. The van der Waals surface area contributed by atoms with Gasteiger partial charge in [-0.25, -0.2) is 4.98 Å². The smallest absolute Gasteiger partial charge is 0.339 e. The van der Waals surface area contributed by atoms with E-state index in [1.807, 2.05) is 0 Å². The average Bonchev–Trinajstić information content (AvgIpc) is 2.53. The molecule has 0 saturated carbocycles. The zero-order chi connectivity index (χ0) is 18.6. The van der Waals surface area contributed by atoms with Crippen molar-refractivity contribution in [3.8, 4) is 0 Å². The van der Waals surface area contributed by atoms with Gasteiger partial charge in [0.1, 0.15) is 11.0 Å². The van der Waals surface area contributed by atoms with Crippen LogP contribution in [0.2, 0.25) is 15.2 Å². The van der Waals surface area contributed by atoms with Gasteiger partial charge in [0.15, 0.2) is 0 Å². The lowest BCUT2D eigenvalue weighted by molar-refractivity contribution is -0.105. The predicted octanol–water partition coefficient (Wildman–Crippen LogP) is 6.18. The van der Waals surface area contributed by atoms with Crippen LogP contribution < -0.4 is 5.32 Å². The molecule has 1 aromatic carbocycles. The predicted molar refractivity (Wildman–Crippen MR) is 98.6 cm³/mol. The monoisotopic (exact) mass is 427 g/mol. The number of alkyl halides is 3. The largest absolute Gasteiger partial charge is 0.398 e. The number of nitrogens with zero attached hydrogens (tertiary/aromatic N) is 2. The maximum Gasteiger partial charge on any atom is 0.398 e. The van der Waals surface area contributed by atoms with Gasteiger partial charge in [-0.3, -0.25) is 4.99 Å². The number of anilines is 1. The highest BCUT2D eigenvalue weighted by molar-refractivity contribution is 7.99. The number of hydrogen-bond acceptors (Lipinski definition) is 3. The zero-order valence-electron chi connectivity index (χ0n) is 12.7. The van der Waals surface area contributed by atoms with Gasteiger partial charge in [-0.15, -0.1) is 11.8 Å². The molecule has 0 aliphatic rings. The molecule has 0 amide bonds. The maximum absolute atomic E-state index is 12.4. The second-order valence-electron chi connectivity index (χ2n) is 4.73. The van der Waals surface area contributed by atoms with Crippen LogP contribution in [-0.4, -0.2) is 29.8 Å². The molecule has 1 heterocycles. The quantitative estimate of drug-likeness (QED) is 0.273. The van der Waals surface area contributed by atoms with E-state index in [2.05, 4.69) is 15.3 Å². The number of rotatable bonds is 4. The van der Waals surface area contributed by atoms with E-state index in [0.717, 1.165) is 0 Å². The summed E-state index contributed by atoms with van der Waals surface area (Å²) < 4.78 is 37.3. The van der Waals surface area contributed by atoms with Gasteiger partial charge in [0, 0.05) is 23.7 Å². The van der Waals surface area contributed by atoms with E-state index in [1.165, 1.54) is 18.3 Å². The number of benzene rings is 1. The van der Waals surface area contributed by atoms with Gasteiger partial charge in [-0.2, -0.15) is 13.2 Å². The molecule has 1 N–H and O–H groups in total. The normalized spacial score (nSPS) is 12.4. The van der Waals surface area contributed by atoms with Crippen LogP contribution in [0.3, 0.4) is 0 Å². The topological polar surface area (TPSA) is 37.3 Å². The lowest BCUT2D eigenvalue weighted by Gasteiger charge is -2.14. The highest BCUT2D eigenvalue weighted by atomic mass is 35.5. The van der Waals surface area contributed by atoms with Crippen molar-refractivity contribution < 1.29 is 13.2 Å². The number of hydrogen-bond donors (Lipinski definition) is 1. The van der Waals surface area contributed by atoms with Crippen LogP contribution in [-0.2, 0) is 0 Å². The lowest BCUT2D eigenvalue weighted by Crippen LogP contribution is -2.14. The number of nitrogens with one attached hydrogen (secondary N) is 1. The van der Waals surface area contributed by atoms with E-state index in [0.29, 0.717) is 34.0 Å². The third-order valence-corrected chi connectivity index (χ3v) is 4.97. The number of amidine groups is 1. The number of aliphatic imine (C=N–C) groups is 1. The molecular formula is C15H11Cl3F3N3S. The molecule has 0 unspecified atom stereocenters. The first-order chi connectivity index (χ1) is 11.7. The molecule has 0 fully saturated rings. The van der Waals surface area contributed by atoms with Gasteiger partial charge >= 0.3 is 6.18 Å². The Morgan fingerprint density at radius 3 is 2.48 bits per heavy atom. The van der Waals surface area contributed by atoms with Crippen molar-refractivity contribution in [3.05, 3.63) is 51.2 Å². The summed E-state index contributed by atoms with van der Waals surface area (Å²) >= 11 is 18.5. The van der Waals surface area contributed by atoms with E-state index in [-0.39, 0.29) is 14.9 Å². The Balaban J connectivity index is 2.27. The van der Waals surface area contributed by atoms with Gasteiger partial charge in [0.25, 0.3) is 0 Å². The molecule has 134 valence electrons. The van der Waals surface area contributed by atoms with Crippen molar-refractivity contribution in [1.82, 2.24) is 4.98 Å². The summed E-state index contributed by atoms with van der Waals surface area (Å²) in [6, 6.07) is 6.14. The van der Waals surface area contributed by atoms with Gasteiger partial charge in [-0.1, -0.05) is 34.8 Å². The summed E-state index contributed by atoms with van der Waals surface area (Å²) in [7, 11) is 1.56. The molecular weight excluding hydrogens is 418 g/mol. The SMILES string of the molecule is CN=C(Nc1cc(SCC(F)(F)F)c(Cl)cc1Cl)c1ccc(Cl)nc1. The van der Waals surface area contributed by atoms with Crippen LogP contribution in [0, 0.1) is 0 Å². The first kappa shape index (κ1) is 20.2. The Morgan fingerprint density at radius 2 is 1.92 bits per heavy atom. The number of halogens is 6. The van der Waals surface area contributed by atoms with Crippen LogP contribution >= 0.6 is 46.6 Å². The molecule has 2 rings (SSSR count). The third kappa shape index (κ3) is 5.95. The fourth-order valence-corrected chi connectivity index (χ4v) is 3.22. The highest BCUT2D eigenvalue weighted by Crippen LogP contribution is 2.37. The molecule has 0 bridgehead atoms. The lowest BCUT2D eigenvalue weighted by atomic mass is 10.2.